The van der Waals surface area contributed by atoms with Crippen LogP contribution in [0.4, 0.5) is 0 Å². The summed E-state index contributed by atoms with van der Waals surface area (Å²) >= 11 is 0. The number of methoxy groups -OCH3 is 1. The van der Waals surface area contributed by atoms with Crippen LogP contribution in [0, 0.1) is 0 Å². The first-order chi connectivity index (χ1) is 21.9. The van der Waals surface area contributed by atoms with Gasteiger partial charge < -0.3 is 29.8 Å². The summed E-state index contributed by atoms with van der Waals surface area (Å²) in [7, 11) is 3.61. The van der Waals surface area contributed by atoms with Gasteiger partial charge in [-0.1, -0.05) is 31.0 Å². The number of fused-ring (bicyclic) bond motifs is 4. The molecule has 0 spiro atoms. The van der Waals surface area contributed by atoms with Crippen molar-refractivity contribution in [3.05, 3.63) is 65.7 Å². The summed E-state index contributed by atoms with van der Waals surface area (Å²) in [5.74, 6) is 1.25. The Balaban J connectivity index is 1.36. The molecule has 2 amide bonds. The summed E-state index contributed by atoms with van der Waals surface area (Å²) in [6.45, 7) is 2.68. The Hall–Kier alpha value is -4.70. The molecule has 232 valence electrons. The highest BCUT2D eigenvalue weighted by Gasteiger charge is 2.26. The van der Waals surface area contributed by atoms with Crippen molar-refractivity contribution in [1.82, 2.24) is 29.3 Å². The predicted octanol–water partition coefficient (Wildman–Crippen LogP) is 5.13. The number of imidazole rings is 1. The van der Waals surface area contributed by atoms with Gasteiger partial charge in [0.1, 0.15) is 16.9 Å². The number of pyridine rings is 1. The highest BCUT2D eigenvalue weighted by Crippen LogP contribution is 2.35. The minimum atomic E-state index is -0.0738. The Morgan fingerprint density at radius 1 is 0.978 bits per heavy atom. The SMILES string of the molecule is COc1cc(C(=O)N2CCC[C@@H](N)C2)cc2nc(-c3cc4ccc5nc4n3CCCCCCNC(=O)c3ccccc3-5)n(C)c12. The average molecular weight is 606 g/mol. The molecule has 10 heteroatoms. The molecule has 5 aromatic rings. The highest BCUT2D eigenvalue weighted by atomic mass is 16.5. The molecule has 2 aliphatic rings. The Morgan fingerprint density at radius 2 is 1.80 bits per heavy atom. The largest absolute Gasteiger partial charge is 0.494 e. The summed E-state index contributed by atoms with van der Waals surface area (Å²) < 4.78 is 10.1. The lowest BCUT2D eigenvalue weighted by molar-refractivity contribution is 0.0708. The molecule has 5 heterocycles. The fourth-order valence-corrected chi connectivity index (χ4v) is 6.83. The fourth-order valence-electron chi connectivity index (χ4n) is 6.83. The number of likely N-dealkylation sites (tertiary alicyclic amines) is 1. The molecule has 2 bridgehead atoms. The molecule has 3 N–H and O–H groups in total. The molecule has 1 atom stereocenters. The molecular formula is C35H39N7O3. The third-order valence-corrected chi connectivity index (χ3v) is 9.16. The van der Waals surface area contributed by atoms with E-state index in [-0.39, 0.29) is 17.9 Å². The molecule has 10 nitrogen and oxygen atoms in total. The smallest absolute Gasteiger partial charge is 0.254 e. The highest BCUT2D eigenvalue weighted by molar-refractivity contribution is 6.02. The summed E-state index contributed by atoms with van der Waals surface area (Å²) in [6.07, 6.45) is 5.79. The van der Waals surface area contributed by atoms with Crippen LogP contribution in [0.15, 0.2) is 54.6 Å². The average Bonchev–Trinajstić information content (AvgIpc) is 3.59. The van der Waals surface area contributed by atoms with Crippen LogP contribution in [0.2, 0.25) is 0 Å². The van der Waals surface area contributed by atoms with Crippen LogP contribution in [0.1, 0.15) is 59.2 Å². The Bertz CT molecular complexity index is 1920. The van der Waals surface area contributed by atoms with Crippen molar-refractivity contribution in [1.29, 1.82) is 0 Å². The zero-order chi connectivity index (χ0) is 31.1. The molecule has 2 aromatic carbocycles. The van der Waals surface area contributed by atoms with Crippen molar-refractivity contribution in [2.45, 2.75) is 51.1 Å². The van der Waals surface area contributed by atoms with Gasteiger partial charge in [0, 0.05) is 61.3 Å². The van der Waals surface area contributed by atoms with E-state index in [2.05, 4.69) is 22.0 Å². The summed E-state index contributed by atoms with van der Waals surface area (Å²) in [4.78, 5) is 38.7. The molecular weight excluding hydrogens is 566 g/mol. The number of aryl methyl sites for hydroxylation is 2. The van der Waals surface area contributed by atoms with Crippen molar-refractivity contribution in [3.63, 3.8) is 0 Å². The number of rotatable bonds is 3. The number of aromatic nitrogens is 4. The third-order valence-electron chi connectivity index (χ3n) is 9.16. The first-order valence-electron chi connectivity index (χ1n) is 15.9. The van der Waals surface area contributed by atoms with Crippen molar-refractivity contribution in [2.75, 3.05) is 26.7 Å². The third kappa shape index (κ3) is 5.33. The normalized spacial score (nSPS) is 17.7. The molecule has 0 radical (unpaired) electrons. The monoisotopic (exact) mass is 605 g/mol. The minimum absolute atomic E-state index is 0.000655. The van der Waals surface area contributed by atoms with Gasteiger partial charge in [-0.05, 0) is 62.1 Å². The van der Waals surface area contributed by atoms with E-state index in [1.54, 1.807) is 7.11 Å². The number of carbonyl (C=O) groups is 2. The lowest BCUT2D eigenvalue weighted by atomic mass is 10.0. The van der Waals surface area contributed by atoms with Crippen LogP contribution < -0.4 is 15.8 Å². The van der Waals surface area contributed by atoms with Gasteiger partial charge >= 0.3 is 0 Å². The van der Waals surface area contributed by atoms with E-state index in [4.69, 9.17) is 20.4 Å². The molecule has 0 saturated carbocycles. The molecule has 2 aliphatic heterocycles. The summed E-state index contributed by atoms with van der Waals surface area (Å²) in [5, 5.41) is 4.08. The van der Waals surface area contributed by atoms with E-state index < -0.39 is 0 Å². The molecule has 1 fully saturated rings. The number of hydrogen-bond donors (Lipinski definition) is 2. The molecule has 3 aromatic heterocycles. The lowest BCUT2D eigenvalue weighted by Crippen LogP contribution is -2.45. The first-order valence-corrected chi connectivity index (χ1v) is 15.9. The van der Waals surface area contributed by atoms with Gasteiger partial charge in [0.2, 0.25) is 0 Å². The summed E-state index contributed by atoms with van der Waals surface area (Å²) in [5.41, 5.74) is 12.2. The second-order valence-corrected chi connectivity index (χ2v) is 12.2. The van der Waals surface area contributed by atoms with Crippen molar-refractivity contribution >= 4 is 33.9 Å². The van der Waals surface area contributed by atoms with Gasteiger partial charge in [-0.25, -0.2) is 9.97 Å². The van der Waals surface area contributed by atoms with Crippen LogP contribution in [0.3, 0.4) is 0 Å². The number of hydrogen-bond acceptors (Lipinski definition) is 6. The second-order valence-electron chi connectivity index (χ2n) is 12.2. The first kappa shape index (κ1) is 29.0. The van der Waals surface area contributed by atoms with Crippen LogP contribution >= 0.6 is 0 Å². The fraction of sp³-hybridized carbons (Fsp3) is 0.371. The van der Waals surface area contributed by atoms with Gasteiger partial charge in [0.15, 0.2) is 5.82 Å². The Labute approximate surface area is 262 Å². The number of amides is 2. The number of nitrogens with two attached hydrogens (primary N) is 1. The molecule has 7 rings (SSSR count). The molecule has 45 heavy (non-hydrogen) atoms. The van der Waals surface area contributed by atoms with Crippen LogP contribution in [-0.4, -0.2) is 68.6 Å². The quantitative estimate of drug-likeness (QED) is 0.294. The van der Waals surface area contributed by atoms with E-state index in [0.717, 1.165) is 84.4 Å². The van der Waals surface area contributed by atoms with Gasteiger partial charge in [-0.3, -0.25) is 9.59 Å². The molecule has 0 aliphatic carbocycles. The van der Waals surface area contributed by atoms with Gasteiger partial charge in [-0.2, -0.15) is 0 Å². The van der Waals surface area contributed by atoms with E-state index in [9.17, 15) is 9.59 Å². The van der Waals surface area contributed by atoms with Crippen LogP contribution in [-0.2, 0) is 13.6 Å². The maximum absolute atomic E-state index is 13.5. The number of nitrogens with one attached hydrogen (secondary N) is 1. The van der Waals surface area contributed by atoms with Gasteiger partial charge in [-0.15, -0.1) is 0 Å². The number of ether oxygens (including phenoxy) is 1. The summed E-state index contributed by atoms with van der Waals surface area (Å²) in [6, 6.07) is 17.5. The molecule has 0 unspecified atom stereocenters. The maximum Gasteiger partial charge on any atom is 0.254 e. The number of nitrogens with zero attached hydrogens (tertiary/aromatic N) is 5. The van der Waals surface area contributed by atoms with E-state index in [1.807, 2.05) is 59.0 Å². The number of piperidine rings is 1. The topological polar surface area (TPSA) is 120 Å². The zero-order valence-corrected chi connectivity index (χ0v) is 25.9. The van der Waals surface area contributed by atoms with E-state index in [0.29, 0.717) is 42.0 Å². The van der Waals surface area contributed by atoms with Gasteiger partial charge in [0.05, 0.1) is 24.0 Å². The standard InChI is InChI=1S/C35H39N7O3/c1-40-31-28(18-23(20-30(31)45-2)35(44)41-16-9-10-24(36)21-41)39-33(40)29-19-22-13-14-27-25-11-5-6-12-26(25)34(43)37-15-7-3-4-8-17-42(29)32(22)38-27/h5-6,11-14,18-20,24H,3-4,7-10,15-17,21,36H2,1-2H3,(H,37,43)/t24-/m1/s1. The minimum Gasteiger partial charge on any atom is -0.494 e. The maximum atomic E-state index is 13.5. The van der Waals surface area contributed by atoms with Crippen LogP contribution in [0.25, 0.3) is 44.8 Å². The van der Waals surface area contributed by atoms with Crippen molar-refractivity contribution < 1.29 is 14.3 Å². The number of benzene rings is 2. The zero-order valence-electron chi connectivity index (χ0n) is 25.9. The van der Waals surface area contributed by atoms with Crippen molar-refractivity contribution in [2.24, 2.45) is 12.8 Å². The van der Waals surface area contributed by atoms with Crippen molar-refractivity contribution in [3.8, 4) is 28.5 Å². The lowest BCUT2D eigenvalue weighted by Gasteiger charge is -2.30. The molecule has 1 saturated heterocycles. The predicted molar refractivity (Wildman–Crippen MR) is 175 cm³/mol. The Morgan fingerprint density at radius 3 is 2.62 bits per heavy atom. The number of carbonyl (C=O) groups excluding carboxylic acids is 2. The van der Waals surface area contributed by atoms with E-state index >= 15 is 0 Å². The van der Waals surface area contributed by atoms with Gasteiger partial charge in [0.25, 0.3) is 11.8 Å². The van der Waals surface area contributed by atoms with Crippen LogP contribution in [0.5, 0.6) is 5.75 Å². The second kappa shape index (κ2) is 12.0. The van der Waals surface area contributed by atoms with E-state index in [1.165, 1.54) is 0 Å². The Kier molecular flexibility index (Phi) is 7.75.